The summed E-state index contributed by atoms with van der Waals surface area (Å²) in [7, 11) is 2.01. The smallest absolute Gasteiger partial charge is 0.0694 e. The first kappa shape index (κ1) is 15.5. The Balaban J connectivity index is 1.74. The summed E-state index contributed by atoms with van der Waals surface area (Å²) < 4.78 is 1.93. The molecular weight excluding hydrogens is 248 g/mol. The molecule has 20 heavy (non-hydrogen) atoms. The molecule has 0 amide bonds. The first-order valence-corrected chi connectivity index (χ1v) is 8.01. The topological polar surface area (TPSA) is 33.1 Å². The molecule has 2 rings (SSSR count). The van der Waals surface area contributed by atoms with Crippen LogP contribution in [0.4, 0.5) is 0 Å². The summed E-state index contributed by atoms with van der Waals surface area (Å²) in [4.78, 5) is 2.59. The fourth-order valence-electron chi connectivity index (χ4n) is 3.10. The molecule has 2 heterocycles. The number of likely N-dealkylation sites (tertiary alicyclic amines) is 1. The van der Waals surface area contributed by atoms with Gasteiger partial charge in [-0.2, -0.15) is 5.10 Å². The molecule has 1 aliphatic heterocycles. The monoisotopic (exact) mass is 278 g/mol. The molecule has 4 nitrogen and oxygen atoms in total. The SMILES string of the molecule is CC(CNCc1cn(C)nc1C(C)C)CN1CCCC1. The van der Waals surface area contributed by atoms with Crippen molar-refractivity contribution in [3.05, 3.63) is 17.5 Å². The van der Waals surface area contributed by atoms with E-state index < -0.39 is 0 Å². The summed E-state index contributed by atoms with van der Waals surface area (Å²) in [5, 5.41) is 8.16. The minimum Gasteiger partial charge on any atom is -0.312 e. The van der Waals surface area contributed by atoms with Gasteiger partial charge in [-0.05, 0) is 44.3 Å². The number of hydrogen-bond donors (Lipinski definition) is 1. The summed E-state index contributed by atoms with van der Waals surface area (Å²) in [6.07, 6.45) is 4.91. The summed E-state index contributed by atoms with van der Waals surface area (Å²) in [5.41, 5.74) is 2.57. The Morgan fingerprint density at radius 2 is 1.95 bits per heavy atom. The van der Waals surface area contributed by atoms with Crippen molar-refractivity contribution >= 4 is 0 Å². The Morgan fingerprint density at radius 1 is 1.25 bits per heavy atom. The molecule has 0 saturated carbocycles. The lowest BCUT2D eigenvalue weighted by Crippen LogP contribution is -2.31. The first-order chi connectivity index (χ1) is 9.56. The van der Waals surface area contributed by atoms with Gasteiger partial charge in [-0.1, -0.05) is 20.8 Å². The van der Waals surface area contributed by atoms with E-state index in [4.69, 9.17) is 0 Å². The van der Waals surface area contributed by atoms with Crippen LogP contribution in [0.25, 0.3) is 0 Å². The summed E-state index contributed by atoms with van der Waals surface area (Å²) in [6.45, 7) is 12.6. The average Bonchev–Trinajstić information content (AvgIpc) is 2.99. The molecule has 1 N–H and O–H groups in total. The van der Waals surface area contributed by atoms with Crippen LogP contribution in [-0.2, 0) is 13.6 Å². The molecule has 0 aromatic carbocycles. The first-order valence-electron chi connectivity index (χ1n) is 8.01. The van der Waals surface area contributed by atoms with Crippen molar-refractivity contribution in [3.63, 3.8) is 0 Å². The Hall–Kier alpha value is -0.870. The third-order valence-electron chi connectivity index (χ3n) is 4.06. The number of hydrogen-bond acceptors (Lipinski definition) is 3. The van der Waals surface area contributed by atoms with E-state index in [2.05, 4.69) is 42.3 Å². The van der Waals surface area contributed by atoms with Crippen LogP contribution >= 0.6 is 0 Å². The van der Waals surface area contributed by atoms with Crippen molar-refractivity contribution in [2.75, 3.05) is 26.2 Å². The van der Waals surface area contributed by atoms with E-state index in [1.165, 1.54) is 43.7 Å². The normalized spacial score (nSPS) is 18.1. The van der Waals surface area contributed by atoms with Crippen LogP contribution in [0.3, 0.4) is 0 Å². The molecule has 0 spiro atoms. The predicted octanol–water partition coefficient (Wildman–Crippen LogP) is 2.37. The molecule has 114 valence electrons. The number of aryl methyl sites for hydroxylation is 1. The van der Waals surface area contributed by atoms with Crippen LogP contribution in [0.2, 0.25) is 0 Å². The number of rotatable bonds is 7. The van der Waals surface area contributed by atoms with Gasteiger partial charge in [0.25, 0.3) is 0 Å². The van der Waals surface area contributed by atoms with Crippen molar-refractivity contribution in [1.29, 1.82) is 0 Å². The van der Waals surface area contributed by atoms with Crippen LogP contribution in [0.15, 0.2) is 6.20 Å². The highest BCUT2D eigenvalue weighted by Crippen LogP contribution is 2.17. The van der Waals surface area contributed by atoms with E-state index in [0.717, 1.165) is 13.1 Å². The van der Waals surface area contributed by atoms with Crippen LogP contribution < -0.4 is 5.32 Å². The fourth-order valence-corrected chi connectivity index (χ4v) is 3.10. The Labute approximate surface area is 123 Å². The molecule has 4 heteroatoms. The second-order valence-electron chi connectivity index (χ2n) is 6.61. The van der Waals surface area contributed by atoms with Crippen molar-refractivity contribution in [1.82, 2.24) is 20.0 Å². The van der Waals surface area contributed by atoms with E-state index in [9.17, 15) is 0 Å². The molecule has 1 aromatic heterocycles. The lowest BCUT2D eigenvalue weighted by molar-refractivity contribution is 0.282. The van der Waals surface area contributed by atoms with E-state index in [1.54, 1.807) is 0 Å². The van der Waals surface area contributed by atoms with Crippen LogP contribution in [0.1, 0.15) is 50.8 Å². The number of nitrogens with one attached hydrogen (secondary N) is 1. The zero-order chi connectivity index (χ0) is 14.5. The Morgan fingerprint density at radius 3 is 2.60 bits per heavy atom. The van der Waals surface area contributed by atoms with Crippen molar-refractivity contribution < 1.29 is 0 Å². The predicted molar refractivity (Wildman–Crippen MR) is 83.8 cm³/mol. The van der Waals surface area contributed by atoms with Gasteiger partial charge in [0.05, 0.1) is 5.69 Å². The minimum absolute atomic E-state index is 0.495. The fraction of sp³-hybridized carbons (Fsp3) is 0.812. The van der Waals surface area contributed by atoms with Crippen molar-refractivity contribution in [2.24, 2.45) is 13.0 Å². The summed E-state index contributed by atoms with van der Waals surface area (Å²) >= 11 is 0. The molecular formula is C16H30N4. The Kier molecular flexibility index (Phi) is 5.61. The Bertz CT molecular complexity index is 405. The maximum Gasteiger partial charge on any atom is 0.0694 e. The number of nitrogens with zero attached hydrogens (tertiary/aromatic N) is 3. The van der Waals surface area contributed by atoms with Crippen molar-refractivity contribution in [2.45, 2.75) is 46.1 Å². The largest absolute Gasteiger partial charge is 0.312 e. The molecule has 1 aromatic rings. The minimum atomic E-state index is 0.495. The highest BCUT2D eigenvalue weighted by molar-refractivity contribution is 5.19. The highest BCUT2D eigenvalue weighted by Gasteiger charge is 2.15. The summed E-state index contributed by atoms with van der Waals surface area (Å²) in [5.74, 6) is 1.21. The van der Waals surface area contributed by atoms with Gasteiger partial charge in [0.2, 0.25) is 0 Å². The molecule has 0 bridgehead atoms. The quantitative estimate of drug-likeness (QED) is 0.831. The third-order valence-corrected chi connectivity index (χ3v) is 4.06. The zero-order valence-corrected chi connectivity index (χ0v) is 13.5. The van der Waals surface area contributed by atoms with Gasteiger partial charge in [-0.25, -0.2) is 0 Å². The van der Waals surface area contributed by atoms with E-state index in [-0.39, 0.29) is 0 Å². The molecule has 1 atom stereocenters. The van der Waals surface area contributed by atoms with Gasteiger partial charge < -0.3 is 10.2 Å². The maximum absolute atomic E-state index is 4.56. The van der Waals surface area contributed by atoms with Crippen molar-refractivity contribution in [3.8, 4) is 0 Å². The maximum atomic E-state index is 4.56. The number of aromatic nitrogens is 2. The van der Waals surface area contributed by atoms with Gasteiger partial charge >= 0.3 is 0 Å². The standard InChI is InChI=1S/C16H30N4/c1-13(2)16-15(12-19(4)18-16)10-17-9-14(3)11-20-7-5-6-8-20/h12-14,17H,5-11H2,1-4H3. The van der Waals surface area contributed by atoms with Gasteiger partial charge in [0, 0.05) is 31.9 Å². The second kappa shape index (κ2) is 7.23. The summed E-state index contributed by atoms with van der Waals surface area (Å²) in [6, 6.07) is 0. The lowest BCUT2D eigenvalue weighted by atomic mass is 10.1. The zero-order valence-electron chi connectivity index (χ0n) is 13.5. The van der Waals surface area contributed by atoms with E-state index >= 15 is 0 Å². The van der Waals surface area contributed by atoms with Gasteiger partial charge in [-0.15, -0.1) is 0 Å². The molecule has 1 aliphatic rings. The van der Waals surface area contributed by atoms with E-state index in [0.29, 0.717) is 11.8 Å². The molecule has 1 saturated heterocycles. The van der Waals surface area contributed by atoms with Crippen LogP contribution in [0.5, 0.6) is 0 Å². The van der Waals surface area contributed by atoms with Gasteiger partial charge in [-0.3, -0.25) is 4.68 Å². The van der Waals surface area contributed by atoms with Crippen LogP contribution in [0, 0.1) is 5.92 Å². The van der Waals surface area contributed by atoms with Crippen LogP contribution in [-0.4, -0.2) is 40.9 Å². The average molecular weight is 278 g/mol. The molecule has 1 fully saturated rings. The molecule has 1 unspecified atom stereocenters. The molecule has 0 radical (unpaired) electrons. The van der Waals surface area contributed by atoms with Gasteiger partial charge in [0.15, 0.2) is 0 Å². The molecule has 0 aliphatic carbocycles. The third kappa shape index (κ3) is 4.32. The van der Waals surface area contributed by atoms with Gasteiger partial charge in [0.1, 0.15) is 0 Å². The lowest BCUT2D eigenvalue weighted by Gasteiger charge is -2.20. The second-order valence-corrected chi connectivity index (χ2v) is 6.61. The van der Waals surface area contributed by atoms with E-state index in [1.807, 2.05) is 11.7 Å². The highest BCUT2D eigenvalue weighted by atomic mass is 15.3.